The molecule has 26 heavy (non-hydrogen) atoms. The van der Waals surface area contributed by atoms with Crippen LogP contribution < -0.4 is 0 Å². The zero-order chi connectivity index (χ0) is 19.6. The van der Waals surface area contributed by atoms with E-state index in [9.17, 15) is 27.2 Å². The van der Waals surface area contributed by atoms with Crippen molar-refractivity contribution in [2.75, 3.05) is 0 Å². The minimum Gasteiger partial charge on any atom is -0.480 e. The highest BCUT2D eigenvalue weighted by Crippen LogP contribution is 2.37. The molecule has 0 saturated carbocycles. The van der Waals surface area contributed by atoms with Crippen molar-refractivity contribution >= 4 is 46.3 Å². The fourth-order valence-corrected chi connectivity index (χ4v) is 3.46. The van der Waals surface area contributed by atoms with E-state index in [2.05, 4.69) is 0 Å². The summed E-state index contributed by atoms with van der Waals surface area (Å²) >= 11 is 5.47. The van der Waals surface area contributed by atoms with E-state index < -0.39 is 35.5 Å². The summed E-state index contributed by atoms with van der Waals surface area (Å²) in [5, 5.41) is 8.99. The predicted octanol–water partition coefficient (Wildman–Crippen LogP) is 3.99. The molecule has 138 valence electrons. The average molecular weight is 405 g/mol. The van der Waals surface area contributed by atoms with Crippen LogP contribution >= 0.6 is 24.0 Å². The average Bonchev–Trinajstić information content (AvgIpc) is 2.79. The number of hydrogen-bond acceptors (Lipinski definition) is 4. The van der Waals surface area contributed by atoms with Crippen LogP contribution in [0.3, 0.4) is 0 Å². The van der Waals surface area contributed by atoms with E-state index in [0.717, 1.165) is 17.0 Å². The molecule has 1 amide bonds. The molecule has 10 heteroatoms. The van der Waals surface area contributed by atoms with Crippen molar-refractivity contribution in [1.82, 2.24) is 4.90 Å². The van der Waals surface area contributed by atoms with E-state index in [-0.39, 0.29) is 14.8 Å². The van der Waals surface area contributed by atoms with Crippen molar-refractivity contribution in [2.24, 2.45) is 0 Å². The molecule has 0 spiro atoms. The van der Waals surface area contributed by atoms with Crippen molar-refractivity contribution in [3.05, 3.63) is 52.2 Å². The van der Waals surface area contributed by atoms with Gasteiger partial charge in [0.25, 0.3) is 5.91 Å². The first kappa shape index (κ1) is 20.1. The van der Waals surface area contributed by atoms with Crippen LogP contribution in [0.4, 0.5) is 17.6 Å². The molecule has 0 bridgehead atoms. The molecule has 1 heterocycles. The van der Waals surface area contributed by atoms with Crippen molar-refractivity contribution in [3.63, 3.8) is 0 Å². The van der Waals surface area contributed by atoms with Gasteiger partial charge in [-0.3, -0.25) is 9.69 Å². The Hall–Kier alpha value is -2.20. The first-order chi connectivity index (χ1) is 12.0. The Balaban J connectivity index is 2.44. The SMILES string of the molecule is CC(C(=O)O)N1C(=O)/C(=C/C(=C/c2cccc(F)c2)C(F)(F)F)SC1=S. The molecule has 0 aliphatic carbocycles. The molecular formula is C16H11F4NO3S2. The smallest absolute Gasteiger partial charge is 0.416 e. The maximum Gasteiger partial charge on any atom is 0.416 e. The van der Waals surface area contributed by atoms with Gasteiger partial charge >= 0.3 is 12.1 Å². The summed E-state index contributed by atoms with van der Waals surface area (Å²) in [6.07, 6.45) is -3.54. The fourth-order valence-electron chi connectivity index (χ4n) is 2.05. The number of carboxylic acid groups (broad SMARTS) is 1. The van der Waals surface area contributed by atoms with Gasteiger partial charge in [-0.25, -0.2) is 9.18 Å². The largest absolute Gasteiger partial charge is 0.480 e. The number of alkyl halides is 3. The highest BCUT2D eigenvalue weighted by molar-refractivity contribution is 8.26. The lowest BCUT2D eigenvalue weighted by Crippen LogP contribution is -2.41. The Kier molecular flexibility index (Phi) is 5.87. The summed E-state index contributed by atoms with van der Waals surface area (Å²) in [5.41, 5.74) is -1.23. The van der Waals surface area contributed by atoms with Crippen LogP contribution in [0, 0.1) is 5.82 Å². The van der Waals surface area contributed by atoms with Gasteiger partial charge in [-0.2, -0.15) is 13.2 Å². The van der Waals surface area contributed by atoms with E-state index in [4.69, 9.17) is 17.3 Å². The van der Waals surface area contributed by atoms with Gasteiger partial charge in [0, 0.05) is 0 Å². The van der Waals surface area contributed by atoms with Crippen LogP contribution in [0.25, 0.3) is 6.08 Å². The Morgan fingerprint density at radius 1 is 1.38 bits per heavy atom. The number of halogens is 4. The second-order valence-electron chi connectivity index (χ2n) is 5.22. The lowest BCUT2D eigenvalue weighted by Gasteiger charge is -2.18. The monoisotopic (exact) mass is 405 g/mol. The topological polar surface area (TPSA) is 57.6 Å². The molecule has 1 fully saturated rings. The van der Waals surface area contributed by atoms with Crippen molar-refractivity contribution in [3.8, 4) is 0 Å². The summed E-state index contributed by atoms with van der Waals surface area (Å²) in [4.78, 5) is 23.7. The van der Waals surface area contributed by atoms with Gasteiger partial charge in [0.2, 0.25) is 0 Å². The summed E-state index contributed by atoms with van der Waals surface area (Å²) in [6.45, 7) is 1.20. The van der Waals surface area contributed by atoms with E-state index in [1.54, 1.807) is 0 Å². The molecule has 0 radical (unpaired) electrons. The number of carbonyl (C=O) groups excluding carboxylic acids is 1. The van der Waals surface area contributed by atoms with Crippen LogP contribution in [0.2, 0.25) is 0 Å². The molecule has 4 nitrogen and oxygen atoms in total. The number of thioether (sulfide) groups is 1. The van der Waals surface area contributed by atoms with Crippen molar-refractivity contribution < 1.29 is 32.3 Å². The van der Waals surface area contributed by atoms with Gasteiger partial charge in [-0.15, -0.1) is 0 Å². The third-order valence-corrected chi connectivity index (χ3v) is 4.68. The third-order valence-electron chi connectivity index (χ3n) is 3.35. The van der Waals surface area contributed by atoms with Gasteiger partial charge in [0.1, 0.15) is 16.2 Å². The second kappa shape index (κ2) is 7.58. The normalized spacial score (nSPS) is 18.6. The number of hydrogen-bond donors (Lipinski definition) is 1. The number of amides is 1. The Labute approximate surface area is 155 Å². The highest BCUT2D eigenvalue weighted by Gasteiger charge is 2.40. The van der Waals surface area contributed by atoms with Gasteiger partial charge in [-0.1, -0.05) is 36.1 Å². The number of allylic oxidation sites excluding steroid dienone is 2. The molecule has 1 saturated heterocycles. The Bertz CT molecular complexity index is 833. The molecule has 0 aromatic heterocycles. The summed E-state index contributed by atoms with van der Waals surface area (Å²) in [7, 11) is 0. The van der Waals surface area contributed by atoms with E-state index in [0.29, 0.717) is 23.9 Å². The van der Waals surface area contributed by atoms with Crippen LogP contribution in [-0.4, -0.2) is 38.4 Å². The maximum atomic E-state index is 13.3. The molecule has 1 aromatic rings. The van der Waals surface area contributed by atoms with E-state index in [1.807, 2.05) is 0 Å². The minimum atomic E-state index is -4.81. The number of rotatable bonds is 4. The lowest BCUT2D eigenvalue weighted by atomic mass is 10.1. The van der Waals surface area contributed by atoms with Gasteiger partial charge < -0.3 is 5.11 Å². The van der Waals surface area contributed by atoms with Gasteiger partial charge in [-0.05, 0) is 36.8 Å². The molecule has 1 N–H and O–H groups in total. The maximum absolute atomic E-state index is 13.3. The Morgan fingerprint density at radius 2 is 2.04 bits per heavy atom. The van der Waals surface area contributed by atoms with Crippen LogP contribution in [0.5, 0.6) is 0 Å². The van der Waals surface area contributed by atoms with Crippen molar-refractivity contribution in [2.45, 2.75) is 19.1 Å². The number of benzene rings is 1. The molecular weight excluding hydrogens is 394 g/mol. The van der Waals surface area contributed by atoms with Crippen LogP contribution in [0.15, 0.2) is 40.8 Å². The Morgan fingerprint density at radius 3 is 2.58 bits per heavy atom. The number of nitrogens with zero attached hydrogens (tertiary/aromatic N) is 1. The third kappa shape index (κ3) is 4.50. The molecule has 1 unspecified atom stereocenters. The first-order valence-electron chi connectivity index (χ1n) is 7.05. The second-order valence-corrected chi connectivity index (χ2v) is 6.89. The van der Waals surface area contributed by atoms with Crippen LogP contribution in [-0.2, 0) is 9.59 Å². The first-order valence-corrected chi connectivity index (χ1v) is 8.27. The fraction of sp³-hybridized carbons (Fsp3) is 0.188. The molecule has 1 aliphatic rings. The zero-order valence-electron chi connectivity index (χ0n) is 13.1. The molecule has 1 aromatic carbocycles. The number of aliphatic carboxylic acids is 1. The van der Waals surface area contributed by atoms with Crippen LogP contribution in [0.1, 0.15) is 12.5 Å². The number of carbonyl (C=O) groups is 2. The summed E-state index contributed by atoms with van der Waals surface area (Å²) in [6, 6.07) is 3.22. The highest BCUT2D eigenvalue weighted by atomic mass is 32.2. The lowest BCUT2D eigenvalue weighted by molar-refractivity contribution is -0.144. The van der Waals surface area contributed by atoms with E-state index in [1.165, 1.54) is 19.1 Å². The number of carboxylic acids is 1. The van der Waals surface area contributed by atoms with Gasteiger partial charge in [0.15, 0.2) is 0 Å². The van der Waals surface area contributed by atoms with Gasteiger partial charge in [0.05, 0.1) is 10.5 Å². The summed E-state index contributed by atoms with van der Waals surface area (Å²) in [5.74, 6) is -2.97. The predicted molar refractivity (Wildman–Crippen MR) is 92.6 cm³/mol. The zero-order valence-corrected chi connectivity index (χ0v) is 14.7. The quantitative estimate of drug-likeness (QED) is 0.466. The molecule has 2 rings (SSSR count). The number of thiocarbonyl (C=S) groups is 1. The van der Waals surface area contributed by atoms with E-state index >= 15 is 0 Å². The molecule has 1 atom stereocenters. The summed E-state index contributed by atoms with van der Waals surface area (Å²) < 4.78 is 52.9. The minimum absolute atomic E-state index is 0.0389. The van der Waals surface area contributed by atoms with Crippen molar-refractivity contribution in [1.29, 1.82) is 0 Å². The standard InChI is InChI=1S/C16H11F4NO3S2/c1-8(14(23)24)21-13(22)12(26-15(21)25)7-10(16(18,19)20)5-9-3-2-4-11(17)6-9/h2-8H,1H3,(H,23,24)/b10-5-,12-7-. The molecule has 1 aliphatic heterocycles.